The van der Waals surface area contributed by atoms with E-state index in [1.165, 1.54) is 5.56 Å². The lowest BCUT2D eigenvalue weighted by Gasteiger charge is -2.11. The topological polar surface area (TPSA) is 139 Å². The summed E-state index contributed by atoms with van der Waals surface area (Å²) >= 11 is 0. The van der Waals surface area contributed by atoms with Gasteiger partial charge in [0, 0.05) is 48.1 Å². The zero-order valence-electron chi connectivity index (χ0n) is 23.0. The molecule has 0 unspecified atom stereocenters. The summed E-state index contributed by atoms with van der Waals surface area (Å²) in [4.78, 5) is 40.9. The molecule has 9 nitrogen and oxygen atoms in total. The average Bonchev–Trinajstić information content (AvgIpc) is 2.96. The third-order valence-electron chi connectivity index (χ3n) is 5.40. The summed E-state index contributed by atoms with van der Waals surface area (Å²) in [5.74, 6) is 11.9. The van der Waals surface area contributed by atoms with Gasteiger partial charge in [-0.3, -0.25) is 24.8 Å². The Hall–Kier alpha value is -5.07. The number of carbonyl (C=O) groups excluding carboxylic acids is 2. The summed E-state index contributed by atoms with van der Waals surface area (Å²) in [6.07, 6.45) is 4.10. The van der Waals surface area contributed by atoms with Crippen LogP contribution in [-0.4, -0.2) is 52.4 Å². The molecule has 4 N–H and O–H groups in total. The zero-order chi connectivity index (χ0) is 29.5. The van der Waals surface area contributed by atoms with Gasteiger partial charge in [0.25, 0.3) is 12.4 Å². The van der Waals surface area contributed by atoms with Crippen LogP contribution in [0, 0.1) is 24.7 Å². The molecule has 0 atom stereocenters. The Morgan fingerprint density at radius 2 is 1.62 bits per heavy atom. The number of carbonyl (C=O) groups is 3. The van der Waals surface area contributed by atoms with Crippen molar-refractivity contribution in [3.05, 3.63) is 95.3 Å². The minimum Gasteiger partial charge on any atom is -0.483 e. The molecule has 2 amide bonds. The van der Waals surface area contributed by atoms with Crippen molar-refractivity contribution in [2.24, 2.45) is 11.8 Å². The molecular weight excluding hydrogens is 506 g/mol. The van der Waals surface area contributed by atoms with Crippen molar-refractivity contribution >= 4 is 29.7 Å². The molecule has 0 spiro atoms. The van der Waals surface area contributed by atoms with Gasteiger partial charge in [-0.25, -0.2) is 10.8 Å². The number of nitrogen functional groups attached to an aromatic ring is 1. The highest BCUT2D eigenvalue weighted by Crippen LogP contribution is 2.24. The second kappa shape index (κ2) is 16.0. The van der Waals surface area contributed by atoms with E-state index in [9.17, 15) is 9.59 Å². The Bertz CT molecular complexity index is 1470. The highest BCUT2D eigenvalue weighted by atomic mass is 16.3. The molecule has 0 aliphatic carbocycles. The maximum absolute atomic E-state index is 12.2. The molecule has 0 radical (unpaired) electrons. The first-order chi connectivity index (χ1) is 19.2. The maximum atomic E-state index is 12.2. The van der Waals surface area contributed by atoms with Crippen LogP contribution in [0.25, 0.3) is 22.2 Å². The lowest BCUT2D eigenvalue weighted by Crippen LogP contribution is -2.30. The summed E-state index contributed by atoms with van der Waals surface area (Å²) in [5.41, 5.74) is 7.95. The number of nitrogens with zero attached hydrogens (tertiary/aromatic N) is 3. The summed E-state index contributed by atoms with van der Waals surface area (Å²) in [6.45, 7) is 6.82. The van der Waals surface area contributed by atoms with Gasteiger partial charge in [-0.05, 0) is 49.2 Å². The molecule has 2 heterocycles. The Morgan fingerprint density at radius 1 is 1.05 bits per heavy atom. The van der Waals surface area contributed by atoms with Crippen LogP contribution in [-0.2, 0) is 9.59 Å². The molecule has 0 saturated heterocycles. The van der Waals surface area contributed by atoms with Gasteiger partial charge in [-0.15, -0.1) is 0 Å². The number of aromatic nitrogens is 2. The minimum atomic E-state index is -0.382. The smallest absolute Gasteiger partial charge is 0.290 e. The number of nitrogens with two attached hydrogens (primary N) is 1. The van der Waals surface area contributed by atoms with Gasteiger partial charge < -0.3 is 10.0 Å². The van der Waals surface area contributed by atoms with Crippen molar-refractivity contribution in [1.29, 1.82) is 0 Å². The van der Waals surface area contributed by atoms with Crippen molar-refractivity contribution in [3.63, 3.8) is 0 Å². The van der Waals surface area contributed by atoms with E-state index in [4.69, 9.17) is 15.7 Å². The van der Waals surface area contributed by atoms with E-state index in [0.717, 1.165) is 29.6 Å². The zero-order valence-corrected chi connectivity index (χ0v) is 23.0. The number of fused-ring (bicyclic) bond motifs is 1. The van der Waals surface area contributed by atoms with Gasteiger partial charge in [-0.1, -0.05) is 55.5 Å². The lowest BCUT2D eigenvalue weighted by molar-refractivity contribution is -0.123. The Morgan fingerprint density at radius 3 is 2.12 bits per heavy atom. The van der Waals surface area contributed by atoms with Crippen LogP contribution in [0.3, 0.4) is 0 Å². The molecule has 0 fully saturated rings. The van der Waals surface area contributed by atoms with Crippen molar-refractivity contribution in [1.82, 2.24) is 20.3 Å². The molecule has 4 aromatic rings. The van der Waals surface area contributed by atoms with Gasteiger partial charge in [0.1, 0.15) is 0 Å². The van der Waals surface area contributed by atoms with Gasteiger partial charge in [0.05, 0.1) is 16.8 Å². The molecule has 0 aliphatic rings. The number of hydrogen-bond acceptors (Lipinski definition) is 6. The molecule has 40 heavy (non-hydrogen) atoms. The number of hydrazine groups is 1. The van der Waals surface area contributed by atoms with Gasteiger partial charge in [0.2, 0.25) is 6.41 Å². The van der Waals surface area contributed by atoms with Crippen LogP contribution in [0.5, 0.6) is 0 Å². The third kappa shape index (κ3) is 9.67. The van der Waals surface area contributed by atoms with Crippen LogP contribution in [0.2, 0.25) is 0 Å². The normalized spacial score (nSPS) is 9.65. The Labute approximate surface area is 234 Å². The number of pyridine rings is 2. The fourth-order valence-corrected chi connectivity index (χ4v) is 3.61. The van der Waals surface area contributed by atoms with Gasteiger partial charge in [0.15, 0.2) is 0 Å². The van der Waals surface area contributed by atoms with Crippen molar-refractivity contribution < 1.29 is 19.5 Å². The summed E-state index contributed by atoms with van der Waals surface area (Å²) in [6, 6.07) is 19.4. The molecule has 2 aromatic carbocycles. The molecule has 9 heteroatoms. The Balaban J connectivity index is 0.000000435. The summed E-state index contributed by atoms with van der Waals surface area (Å²) in [5, 5.41) is 7.54. The molecule has 0 bridgehead atoms. The fourth-order valence-electron chi connectivity index (χ4n) is 3.61. The third-order valence-corrected chi connectivity index (χ3v) is 5.40. The van der Waals surface area contributed by atoms with E-state index in [0.29, 0.717) is 28.1 Å². The maximum Gasteiger partial charge on any atom is 0.290 e. The quantitative estimate of drug-likeness (QED) is 0.114. The monoisotopic (exact) mass is 539 g/mol. The average molecular weight is 540 g/mol. The van der Waals surface area contributed by atoms with E-state index in [1.54, 1.807) is 36.5 Å². The first-order valence-corrected chi connectivity index (χ1v) is 12.4. The van der Waals surface area contributed by atoms with Crippen molar-refractivity contribution in [3.8, 4) is 23.1 Å². The SMILES string of the molecule is CC(C)CN(C)C=O.Cc1ccc(C#Cc2ccc(-c3cc(C(=O)NN)c4cnccc4n3)cc2)cc1.O=CO. The highest BCUT2D eigenvalue weighted by molar-refractivity contribution is 6.06. The highest BCUT2D eigenvalue weighted by Gasteiger charge is 2.13. The van der Waals surface area contributed by atoms with Gasteiger partial charge >= 0.3 is 0 Å². The van der Waals surface area contributed by atoms with Crippen LogP contribution in [0.4, 0.5) is 0 Å². The molecular formula is C31H33N5O4. The van der Waals surface area contributed by atoms with Crippen molar-refractivity contribution in [2.75, 3.05) is 13.6 Å². The van der Waals surface area contributed by atoms with E-state index in [-0.39, 0.29) is 12.4 Å². The van der Waals surface area contributed by atoms with E-state index < -0.39 is 0 Å². The first kappa shape index (κ1) is 31.1. The molecule has 4 rings (SSSR count). The van der Waals surface area contributed by atoms with Crippen LogP contribution >= 0.6 is 0 Å². The molecule has 2 aromatic heterocycles. The molecule has 0 aliphatic heterocycles. The predicted molar refractivity (Wildman–Crippen MR) is 156 cm³/mol. The fraction of sp³-hybridized carbons (Fsp3) is 0.194. The number of amides is 2. The number of nitrogens with one attached hydrogen (secondary N) is 1. The molecule has 206 valence electrons. The number of aryl methyl sites for hydroxylation is 1. The second-order valence-electron chi connectivity index (χ2n) is 9.16. The van der Waals surface area contributed by atoms with Gasteiger partial charge in [-0.2, -0.15) is 0 Å². The van der Waals surface area contributed by atoms with E-state index in [1.807, 2.05) is 48.5 Å². The van der Waals surface area contributed by atoms with E-state index >= 15 is 0 Å². The minimum absolute atomic E-state index is 0.250. The second-order valence-corrected chi connectivity index (χ2v) is 9.16. The number of rotatable bonds is 5. The number of benzene rings is 2. The van der Waals surface area contributed by atoms with Crippen LogP contribution < -0.4 is 11.3 Å². The lowest BCUT2D eigenvalue weighted by atomic mass is 10.0. The molecule has 0 saturated carbocycles. The summed E-state index contributed by atoms with van der Waals surface area (Å²) in [7, 11) is 1.78. The number of hydrogen-bond donors (Lipinski definition) is 3. The summed E-state index contributed by atoms with van der Waals surface area (Å²) < 4.78 is 0. The standard InChI is InChI=1S/C24H18N4O.C6H13NO.CH2O2/c1-16-2-4-17(5-3-16)6-7-18-8-10-19(11-9-18)23-14-20(24(29)28-25)21-15-26-13-12-22(21)27-23;1-6(2)4-7(3)5-8;2-1-3/h2-5,8-15H,25H2,1H3,(H,28,29);5-6H,4H2,1-3H3;1H,(H,2,3). The first-order valence-electron chi connectivity index (χ1n) is 12.4. The largest absolute Gasteiger partial charge is 0.483 e. The van der Waals surface area contributed by atoms with Crippen LogP contribution in [0.15, 0.2) is 73.1 Å². The van der Waals surface area contributed by atoms with Crippen LogP contribution in [0.1, 0.15) is 40.9 Å². The predicted octanol–water partition coefficient (Wildman–Crippen LogP) is 4.04. The Kier molecular flexibility index (Phi) is 12.5. The number of carboxylic acid groups (broad SMARTS) is 1. The van der Waals surface area contributed by atoms with E-state index in [2.05, 4.69) is 48.0 Å². The van der Waals surface area contributed by atoms with Crippen molar-refractivity contribution in [2.45, 2.75) is 20.8 Å².